The summed E-state index contributed by atoms with van der Waals surface area (Å²) in [6.07, 6.45) is 0. The molecule has 0 bridgehead atoms. The van der Waals surface area contributed by atoms with Crippen molar-refractivity contribution in [2.75, 3.05) is 13.2 Å². The summed E-state index contributed by atoms with van der Waals surface area (Å²) in [7, 11) is 0. The van der Waals surface area contributed by atoms with Crippen LogP contribution in [-0.2, 0) is 3.83 Å². The van der Waals surface area contributed by atoms with Crippen molar-refractivity contribution < 1.29 is 28.3 Å². The van der Waals surface area contributed by atoms with Crippen LogP contribution in [0.1, 0.15) is 0 Å². The minimum absolute atomic E-state index is 0.360. The van der Waals surface area contributed by atoms with Gasteiger partial charge in [-0.3, -0.25) is 0 Å². The molecule has 0 fully saturated rings. The lowest BCUT2D eigenvalue weighted by Crippen LogP contribution is -2.11. The van der Waals surface area contributed by atoms with E-state index >= 15 is 0 Å². The highest BCUT2D eigenvalue weighted by Crippen LogP contribution is 2.07. The summed E-state index contributed by atoms with van der Waals surface area (Å²) in [5, 5.41) is 0. The van der Waals surface area contributed by atoms with Gasteiger partial charge in [0.15, 0.2) is 0 Å². The molecule has 0 atom stereocenters. The van der Waals surface area contributed by atoms with E-state index in [0.717, 1.165) is 5.75 Å². The largest absolute Gasteiger partial charge is 0.550 e. The maximum absolute atomic E-state index is 9.89. The Labute approximate surface area is 78.1 Å². The van der Waals surface area contributed by atoms with Crippen LogP contribution in [0.15, 0.2) is 30.3 Å². The van der Waals surface area contributed by atoms with Crippen LogP contribution in [0.4, 0.5) is 0 Å². The zero-order valence-corrected chi connectivity index (χ0v) is 7.99. The summed E-state index contributed by atoms with van der Waals surface area (Å²) in [4.78, 5) is 0. The van der Waals surface area contributed by atoms with Gasteiger partial charge in [-0.15, -0.1) is 3.83 Å². The first-order valence-corrected chi connectivity index (χ1v) is 4.80. The molecule has 0 saturated carbocycles. The summed E-state index contributed by atoms with van der Waals surface area (Å²) in [5.74, 6) is 0.802. The second-order valence-electron chi connectivity index (χ2n) is 2.04. The first-order chi connectivity index (χ1) is 5.93. The van der Waals surface area contributed by atoms with Gasteiger partial charge in [0.25, 0.3) is 0 Å². The fourth-order valence-electron chi connectivity index (χ4n) is 0.739. The smallest absolute Gasteiger partial charge is 0.420 e. The monoisotopic (exact) mass is 232 g/mol. The highest BCUT2D eigenvalue weighted by molar-refractivity contribution is 5.20. The van der Waals surface area contributed by atoms with E-state index in [9.17, 15) is 4.20 Å². The average molecular weight is 233 g/mol. The first kappa shape index (κ1) is 9.51. The number of rotatable bonds is 5. The van der Waals surface area contributed by atoms with E-state index < -0.39 is 15.5 Å². The van der Waals surface area contributed by atoms with Crippen LogP contribution in [0.3, 0.4) is 0 Å². The molecule has 0 saturated heterocycles. The Bertz CT molecular complexity index is 203. The van der Waals surface area contributed by atoms with Crippen molar-refractivity contribution >= 4 is 0 Å². The topological polar surface area (TPSA) is 41.5 Å². The van der Waals surface area contributed by atoms with Gasteiger partial charge in [-0.2, -0.15) is 0 Å². The third-order valence-electron chi connectivity index (χ3n) is 1.22. The van der Waals surface area contributed by atoms with E-state index in [4.69, 9.17) is 4.74 Å². The lowest BCUT2D eigenvalue weighted by molar-refractivity contribution is -1.27. The summed E-state index contributed by atoms with van der Waals surface area (Å²) in [5.41, 5.74) is 0. The van der Waals surface area contributed by atoms with Crippen LogP contribution in [0.25, 0.3) is 0 Å². The van der Waals surface area contributed by atoms with Crippen LogP contribution in [-0.4, -0.2) is 13.2 Å². The molecular weight excluding hydrogens is 224 g/mol. The maximum atomic E-state index is 9.89. The van der Waals surface area contributed by atoms with Crippen molar-refractivity contribution in [1.82, 2.24) is 0 Å². The number of ether oxygens (including phenoxy) is 1. The van der Waals surface area contributed by atoms with Crippen LogP contribution >= 0.6 is 0 Å². The molecule has 0 radical (unpaired) electrons. The Kier molecular flexibility index (Phi) is 4.75. The van der Waals surface area contributed by atoms with Gasteiger partial charge < -0.3 is 8.93 Å². The average Bonchev–Trinajstić information content (AvgIpc) is 2.14. The third kappa shape index (κ3) is 3.71. The third-order valence-corrected chi connectivity index (χ3v) is 1.73. The maximum Gasteiger partial charge on any atom is 0.420 e. The van der Waals surface area contributed by atoms with Crippen LogP contribution in [0.2, 0.25) is 0 Å². The van der Waals surface area contributed by atoms with E-state index in [1.807, 2.05) is 30.3 Å². The molecule has 0 aliphatic heterocycles. The summed E-state index contributed by atoms with van der Waals surface area (Å²) >= 11 is -0.730. The van der Waals surface area contributed by atoms with Crippen molar-refractivity contribution in [2.24, 2.45) is 0 Å². The number of para-hydroxylation sites is 1. The van der Waals surface area contributed by atoms with Crippen molar-refractivity contribution in [3.8, 4) is 5.75 Å². The highest BCUT2D eigenvalue weighted by atomic mass is 79.9. The molecule has 0 aliphatic rings. The normalized spacial score (nSPS) is 9.75. The zero-order chi connectivity index (χ0) is 8.65. The number of benzene rings is 1. The van der Waals surface area contributed by atoms with Gasteiger partial charge in [-0.05, 0) is 12.1 Å². The Morgan fingerprint density at radius 3 is 2.58 bits per heavy atom. The van der Waals surface area contributed by atoms with E-state index in [2.05, 4.69) is 3.83 Å². The molecule has 1 aromatic carbocycles. The van der Waals surface area contributed by atoms with E-state index in [1.165, 1.54) is 0 Å². The predicted octanol–water partition coefficient (Wildman–Crippen LogP) is 0.357. The lowest BCUT2D eigenvalue weighted by Gasteiger charge is -2.01. The van der Waals surface area contributed by atoms with Gasteiger partial charge in [0.1, 0.15) is 19.0 Å². The van der Waals surface area contributed by atoms with Crippen molar-refractivity contribution in [3.05, 3.63) is 30.3 Å². The molecule has 0 heterocycles. The molecule has 0 N–H and O–H groups in total. The van der Waals surface area contributed by atoms with Crippen molar-refractivity contribution in [2.45, 2.75) is 0 Å². The lowest BCUT2D eigenvalue weighted by atomic mass is 10.3. The van der Waals surface area contributed by atoms with Crippen molar-refractivity contribution in [1.29, 1.82) is 0 Å². The van der Waals surface area contributed by atoms with Gasteiger partial charge in [-0.1, -0.05) is 18.2 Å². The minimum Gasteiger partial charge on any atom is -0.550 e. The molecule has 12 heavy (non-hydrogen) atoms. The fourth-order valence-corrected chi connectivity index (χ4v) is 1.00. The summed E-state index contributed by atoms with van der Waals surface area (Å²) in [6, 6.07) is 9.43. The van der Waals surface area contributed by atoms with Gasteiger partial charge in [-0.25, -0.2) is 0 Å². The molecule has 4 heteroatoms. The van der Waals surface area contributed by atoms with Crippen LogP contribution in [0.5, 0.6) is 5.75 Å². The Hall–Kier alpha value is -0.580. The zero-order valence-electron chi connectivity index (χ0n) is 6.40. The molecule has 0 spiro atoms. The van der Waals surface area contributed by atoms with Crippen molar-refractivity contribution in [3.63, 3.8) is 0 Å². The Balaban J connectivity index is 2.16. The molecule has 1 rings (SSSR count). The second-order valence-corrected chi connectivity index (χ2v) is 2.76. The Morgan fingerprint density at radius 1 is 1.17 bits per heavy atom. The Morgan fingerprint density at radius 2 is 1.92 bits per heavy atom. The molecule has 0 aliphatic carbocycles. The molecule has 0 aromatic heterocycles. The van der Waals surface area contributed by atoms with Crippen LogP contribution < -0.4 is 8.93 Å². The molecule has 3 nitrogen and oxygen atoms in total. The summed E-state index contributed by atoms with van der Waals surface area (Å²) in [6.45, 7) is 0.790. The molecule has 66 valence electrons. The number of halogens is 1. The fraction of sp³-hybridized carbons (Fsp3) is 0.250. The number of hydrogen-bond donors (Lipinski definition) is 0. The highest BCUT2D eigenvalue weighted by Gasteiger charge is 1.94. The second kappa shape index (κ2) is 5.99. The van der Waals surface area contributed by atoms with Gasteiger partial charge in [0.2, 0.25) is 0 Å². The molecule has 1 aromatic rings. The number of hydrogen-bond acceptors (Lipinski definition) is 3. The molecule has 0 amide bonds. The van der Waals surface area contributed by atoms with E-state index in [0.29, 0.717) is 13.2 Å². The minimum atomic E-state index is -0.730. The summed E-state index contributed by atoms with van der Waals surface area (Å²) < 4.78 is 19.7. The van der Waals surface area contributed by atoms with Gasteiger partial charge in [0.05, 0.1) is 0 Å². The SMILES string of the molecule is [O-][Br+]OCCOc1ccccc1. The van der Waals surface area contributed by atoms with Crippen LogP contribution in [0, 0.1) is 15.5 Å². The molecular formula is C8H9BrO3. The standard InChI is InChI=1S/C8H9BrO3/c10-9-12-7-6-11-8-4-2-1-3-5-8/h1-5H,6-7H2. The first-order valence-electron chi connectivity index (χ1n) is 3.50. The van der Waals surface area contributed by atoms with Gasteiger partial charge >= 0.3 is 15.5 Å². The molecule has 0 unspecified atom stereocenters. The van der Waals surface area contributed by atoms with E-state index in [-0.39, 0.29) is 0 Å². The van der Waals surface area contributed by atoms with E-state index in [1.54, 1.807) is 0 Å². The predicted molar refractivity (Wildman–Crippen MR) is 37.9 cm³/mol. The quantitative estimate of drug-likeness (QED) is 0.689. The van der Waals surface area contributed by atoms with Gasteiger partial charge in [0, 0.05) is 0 Å².